The van der Waals surface area contributed by atoms with Crippen molar-refractivity contribution in [3.05, 3.63) is 41.3 Å². The van der Waals surface area contributed by atoms with E-state index in [1.54, 1.807) is 28.9 Å². The third kappa shape index (κ3) is 2.94. The molecular formula is C21H24FN3O3. The summed E-state index contributed by atoms with van der Waals surface area (Å²) in [6, 6.07) is 5.91. The number of β-amino-alcohol motifs (C(OH)–C–C–N with tert-alkyl or cyclic N) is 1. The van der Waals surface area contributed by atoms with Gasteiger partial charge in [-0.05, 0) is 56.9 Å². The maximum Gasteiger partial charge on any atom is 0.255 e. The first-order valence-electron chi connectivity index (χ1n) is 9.75. The van der Waals surface area contributed by atoms with Gasteiger partial charge >= 0.3 is 0 Å². The third-order valence-electron chi connectivity index (χ3n) is 5.94. The Hall–Kier alpha value is -2.54. The van der Waals surface area contributed by atoms with Crippen LogP contribution in [0.2, 0.25) is 0 Å². The second-order valence-electron chi connectivity index (χ2n) is 7.68. The molecule has 1 spiro atoms. The summed E-state index contributed by atoms with van der Waals surface area (Å²) in [5.41, 5.74) is 0.763. The zero-order valence-electron chi connectivity index (χ0n) is 15.9. The number of hydrogen-bond donors (Lipinski definition) is 1. The molecule has 28 heavy (non-hydrogen) atoms. The molecule has 2 aromatic rings. The monoisotopic (exact) mass is 385 g/mol. The number of benzene rings is 1. The van der Waals surface area contributed by atoms with E-state index in [1.807, 2.05) is 0 Å². The van der Waals surface area contributed by atoms with Gasteiger partial charge in [0.25, 0.3) is 5.91 Å². The summed E-state index contributed by atoms with van der Waals surface area (Å²) < 4.78 is 13.9. The smallest absolute Gasteiger partial charge is 0.255 e. The average molecular weight is 385 g/mol. The largest absolute Gasteiger partial charge is 0.395 e. The first kappa shape index (κ1) is 18.8. The van der Waals surface area contributed by atoms with Crippen LogP contribution in [0.3, 0.4) is 0 Å². The maximum absolute atomic E-state index is 13.9. The highest BCUT2D eigenvalue weighted by atomic mass is 19.1. The van der Waals surface area contributed by atoms with Crippen molar-refractivity contribution in [1.29, 1.82) is 0 Å². The fourth-order valence-electron chi connectivity index (χ4n) is 4.71. The first-order chi connectivity index (χ1) is 13.5. The van der Waals surface area contributed by atoms with Crippen molar-refractivity contribution in [3.63, 3.8) is 0 Å². The molecule has 148 valence electrons. The topological polar surface area (TPSA) is 73.7 Å². The summed E-state index contributed by atoms with van der Waals surface area (Å²) in [5.74, 6) is -0.760. The van der Waals surface area contributed by atoms with Gasteiger partial charge in [-0.2, -0.15) is 0 Å². The van der Waals surface area contributed by atoms with Crippen LogP contribution in [-0.2, 0) is 4.79 Å². The number of amides is 2. The number of halogens is 1. The van der Waals surface area contributed by atoms with Gasteiger partial charge in [0.05, 0.1) is 17.7 Å². The molecule has 2 fully saturated rings. The van der Waals surface area contributed by atoms with E-state index >= 15 is 0 Å². The predicted molar refractivity (Wildman–Crippen MR) is 102 cm³/mol. The minimum absolute atomic E-state index is 0.0834. The minimum Gasteiger partial charge on any atom is -0.395 e. The number of carbonyl (C=O) groups is 2. The highest BCUT2D eigenvalue weighted by Gasteiger charge is 2.52. The van der Waals surface area contributed by atoms with Gasteiger partial charge in [0.15, 0.2) is 0 Å². The van der Waals surface area contributed by atoms with E-state index < -0.39 is 11.4 Å². The fraction of sp³-hybridized carbons (Fsp3) is 0.476. The number of hydrogen-bond acceptors (Lipinski definition) is 4. The summed E-state index contributed by atoms with van der Waals surface area (Å²) in [6.07, 6.45) is 2.78. The van der Waals surface area contributed by atoms with Crippen molar-refractivity contribution in [2.75, 3.05) is 26.2 Å². The van der Waals surface area contributed by atoms with Crippen LogP contribution in [0.4, 0.5) is 4.39 Å². The Labute approximate surface area is 163 Å². The Morgan fingerprint density at radius 2 is 2.00 bits per heavy atom. The van der Waals surface area contributed by atoms with Crippen LogP contribution >= 0.6 is 0 Å². The van der Waals surface area contributed by atoms with Crippen LogP contribution < -0.4 is 0 Å². The zero-order chi connectivity index (χ0) is 19.9. The average Bonchev–Trinajstić information content (AvgIpc) is 3.09. The fourth-order valence-corrected chi connectivity index (χ4v) is 4.71. The molecule has 7 heteroatoms. The molecule has 0 bridgehead atoms. The number of piperidine rings is 1. The van der Waals surface area contributed by atoms with E-state index in [4.69, 9.17) is 0 Å². The van der Waals surface area contributed by atoms with Crippen LogP contribution in [0.1, 0.15) is 41.7 Å². The molecule has 0 saturated carbocycles. The first-order valence-corrected chi connectivity index (χ1v) is 9.75. The number of aliphatic hydroxyl groups is 1. The van der Waals surface area contributed by atoms with Crippen molar-refractivity contribution in [2.24, 2.45) is 0 Å². The van der Waals surface area contributed by atoms with Gasteiger partial charge in [-0.1, -0.05) is 0 Å². The van der Waals surface area contributed by atoms with E-state index in [2.05, 4.69) is 4.98 Å². The Morgan fingerprint density at radius 1 is 1.25 bits per heavy atom. The van der Waals surface area contributed by atoms with Crippen LogP contribution in [0, 0.1) is 12.7 Å². The highest BCUT2D eigenvalue weighted by Crippen LogP contribution is 2.39. The van der Waals surface area contributed by atoms with E-state index in [-0.39, 0.29) is 25.0 Å². The standard InChI is InChI=1S/C21H24FN3O3/c1-14-12-17(16-13-15(22)4-5-18(16)23-14)19(27)25-9-3-7-21(25)6-2-8-24(10-11-26)20(21)28/h4-5,12-13,26H,2-3,6-11H2,1H3. The number of aromatic nitrogens is 1. The van der Waals surface area contributed by atoms with E-state index in [9.17, 15) is 19.1 Å². The number of fused-ring (bicyclic) bond motifs is 1. The van der Waals surface area contributed by atoms with Crippen LogP contribution in [0.5, 0.6) is 0 Å². The molecule has 1 aromatic heterocycles. The van der Waals surface area contributed by atoms with Gasteiger partial charge in [-0.3, -0.25) is 14.6 Å². The van der Waals surface area contributed by atoms with Crippen LogP contribution in [0.25, 0.3) is 10.9 Å². The lowest BCUT2D eigenvalue weighted by Crippen LogP contribution is -2.61. The van der Waals surface area contributed by atoms with Crippen molar-refractivity contribution in [3.8, 4) is 0 Å². The summed E-state index contributed by atoms with van der Waals surface area (Å²) in [6.45, 7) is 3.09. The minimum atomic E-state index is -0.860. The Bertz CT molecular complexity index is 946. The van der Waals surface area contributed by atoms with E-state index in [0.29, 0.717) is 48.1 Å². The number of likely N-dealkylation sites (tertiary alicyclic amines) is 2. The molecule has 0 aliphatic carbocycles. The Morgan fingerprint density at radius 3 is 2.75 bits per heavy atom. The maximum atomic E-state index is 13.9. The van der Waals surface area contributed by atoms with Gasteiger partial charge < -0.3 is 14.9 Å². The van der Waals surface area contributed by atoms with Gasteiger partial charge in [0.1, 0.15) is 11.4 Å². The number of rotatable bonds is 3. The van der Waals surface area contributed by atoms with Crippen molar-refractivity contribution < 1.29 is 19.1 Å². The quantitative estimate of drug-likeness (QED) is 0.880. The van der Waals surface area contributed by atoms with E-state index in [1.165, 1.54) is 12.1 Å². The molecule has 1 atom stereocenters. The Balaban J connectivity index is 1.77. The van der Waals surface area contributed by atoms with Crippen molar-refractivity contribution in [2.45, 2.75) is 38.1 Å². The molecule has 1 aromatic carbocycles. The molecule has 2 saturated heterocycles. The number of aryl methyl sites for hydroxylation is 1. The second-order valence-corrected chi connectivity index (χ2v) is 7.68. The van der Waals surface area contributed by atoms with Gasteiger partial charge in [-0.15, -0.1) is 0 Å². The molecule has 6 nitrogen and oxygen atoms in total. The van der Waals surface area contributed by atoms with Gasteiger partial charge in [0, 0.05) is 30.7 Å². The summed E-state index contributed by atoms with van der Waals surface area (Å²) in [5, 5.41) is 9.74. The lowest BCUT2D eigenvalue weighted by atomic mass is 9.85. The van der Waals surface area contributed by atoms with Gasteiger partial charge in [0.2, 0.25) is 5.91 Å². The third-order valence-corrected chi connectivity index (χ3v) is 5.94. The molecule has 2 amide bonds. The summed E-state index contributed by atoms with van der Waals surface area (Å²) in [7, 11) is 0. The lowest BCUT2D eigenvalue weighted by Gasteiger charge is -2.44. The highest BCUT2D eigenvalue weighted by molar-refractivity contribution is 6.08. The van der Waals surface area contributed by atoms with Crippen LogP contribution in [0.15, 0.2) is 24.3 Å². The molecule has 2 aliphatic heterocycles. The number of nitrogens with zero attached hydrogens (tertiary/aromatic N) is 3. The molecule has 0 radical (unpaired) electrons. The lowest BCUT2D eigenvalue weighted by molar-refractivity contribution is -0.146. The van der Waals surface area contributed by atoms with Gasteiger partial charge in [-0.25, -0.2) is 4.39 Å². The van der Waals surface area contributed by atoms with Crippen molar-refractivity contribution in [1.82, 2.24) is 14.8 Å². The van der Waals surface area contributed by atoms with Crippen molar-refractivity contribution >= 4 is 22.7 Å². The second kappa shape index (κ2) is 7.13. The SMILES string of the molecule is Cc1cc(C(=O)N2CCCC23CCCN(CCO)C3=O)c2cc(F)ccc2n1. The molecule has 1 unspecified atom stereocenters. The van der Waals surface area contributed by atoms with Crippen LogP contribution in [-0.4, -0.2) is 63.5 Å². The summed E-state index contributed by atoms with van der Waals surface area (Å²) in [4.78, 5) is 34.5. The predicted octanol–water partition coefficient (Wildman–Crippen LogP) is 2.27. The normalized spacial score (nSPS) is 22.5. The number of aliphatic hydroxyl groups excluding tert-OH is 1. The number of pyridine rings is 1. The molecule has 4 rings (SSSR count). The molecule has 2 aliphatic rings. The number of carbonyl (C=O) groups excluding carboxylic acids is 2. The van der Waals surface area contributed by atoms with E-state index in [0.717, 1.165) is 12.8 Å². The summed E-state index contributed by atoms with van der Waals surface area (Å²) >= 11 is 0. The molecular weight excluding hydrogens is 361 g/mol. The Kier molecular flexibility index (Phi) is 4.79. The molecule has 3 heterocycles. The molecule has 1 N–H and O–H groups in total. The zero-order valence-corrected chi connectivity index (χ0v) is 15.9.